The van der Waals surface area contributed by atoms with Crippen LogP contribution in [-0.2, 0) is 9.53 Å². The molecule has 3 heteroatoms. The highest BCUT2D eigenvalue weighted by Gasteiger charge is 2.54. The Morgan fingerprint density at radius 2 is 2.19 bits per heavy atom. The van der Waals surface area contributed by atoms with Gasteiger partial charge in [-0.3, -0.25) is 10.1 Å². The Kier molecular flexibility index (Phi) is 3.98. The van der Waals surface area contributed by atoms with E-state index in [9.17, 15) is 4.79 Å². The van der Waals surface area contributed by atoms with Crippen LogP contribution in [0, 0.1) is 17.8 Å². The fourth-order valence-electron chi connectivity index (χ4n) is 2.58. The maximum absolute atomic E-state index is 12.1. The molecule has 0 aliphatic heterocycles. The van der Waals surface area contributed by atoms with Gasteiger partial charge in [0.05, 0.1) is 13.2 Å². The minimum absolute atomic E-state index is 0.101. The molecule has 0 bridgehead atoms. The highest BCUT2D eigenvalue weighted by molar-refractivity contribution is 5.82. The van der Waals surface area contributed by atoms with E-state index in [1.165, 1.54) is 0 Å². The first-order chi connectivity index (χ1) is 7.50. The van der Waals surface area contributed by atoms with E-state index in [-0.39, 0.29) is 11.4 Å². The van der Waals surface area contributed by atoms with Crippen molar-refractivity contribution in [1.82, 2.24) is 5.32 Å². The second kappa shape index (κ2) is 4.88. The molecule has 0 heterocycles. The number of carbonyl (C=O) groups is 1. The smallest absolute Gasteiger partial charge is 0.326 e. The first kappa shape index (κ1) is 13.1. The predicted octanol–water partition coefficient (Wildman–Crippen LogP) is 1.72. The van der Waals surface area contributed by atoms with E-state index < -0.39 is 5.54 Å². The van der Waals surface area contributed by atoms with Crippen LogP contribution in [0.5, 0.6) is 0 Å². The maximum Gasteiger partial charge on any atom is 0.326 e. The number of ether oxygens (including phenoxy) is 1. The molecule has 0 amide bonds. The Bertz CT molecular complexity index is 304. The molecule has 1 atom stereocenters. The van der Waals surface area contributed by atoms with Crippen LogP contribution in [0.3, 0.4) is 0 Å². The highest BCUT2D eigenvalue weighted by Crippen LogP contribution is 2.46. The molecule has 0 spiro atoms. The third-order valence-electron chi connectivity index (χ3n) is 3.63. The zero-order valence-corrected chi connectivity index (χ0v) is 10.4. The summed E-state index contributed by atoms with van der Waals surface area (Å²) in [6.45, 7) is 6.84. The Labute approximate surface area is 97.9 Å². The molecule has 1 rings (SSSR count). The van der Waals surface area contributed by atoms with Gasteiger partial charge in [-0.2, -0.15) is 0 Å². The van der Waals surface area contributed by atoms with E-state index in [1.54, 1.807) is 0 Å². The molecule has 0 aromatic carbocycles. The van der Waals surface area contributed by atoms with Crippen LogP contribution in [0.1, 0.15) is 40.0 Å². The van der Waals surface area contributed by atoms with Crippen LogP contribution < -0.4 is 5.32 Å². The summed E-state index contributed by atoms with van der Waals surface area (Å²) in [6.07, 6.45) is 8.12. The highest BCUT2D eigenvalue weighted by atomic mass is 16.5. The second-order valence-corrected chi connectivity index (χ2v) is 4.92. The Hall–Kier alpha value is -1.01. The van der Waals surface area contributed by atoms with Crippen LogP contribution in [-0.4, -0.2) is 24.7 Å². The number of carbonyl (C=O) groups excluding carboxylic acids is 1. The normalized spacial score (nSPS) is 27.4. The third kappa shape index (κ3) is 2.08. The zero-order valence-electron chi connectivity index (χ0n) is 10.4. The molecular formula is C13H21NO2. The second-order valence-electron chi connectivity index (χ2n) is 4.92. The Morgan fingerprint density at radius 1 is 1.50 bits per heavy atom. The summed E-state index contributed by atoms with van der Waals surface area (Å²) in [5, 5.41) is 3.21. The molecule has 16 heavy (non-hydrogen) atoms. The molecule has 0 radical (unpaired) electrons. The number of nitrogens with one attached hydrogen (secondary N) is 1. The molecule has 1 saturated carbocycles. The monoisotopic (exact) mass is 223 g/mol. The molecule has 1 N–H and O–H groups in total. The fraction of sp³-hybridized carbons (Fsp3) is 0.769. The van der Waals surface area contributed by atoms with Gasteiger partial charge in [-0.15, -0.1) is 6.42 Å². The van der Waals surface area contributed by atoms with Crippen molar-refractivity contribution in [3.05, 3.63) is 0 Å². The lowest BCUT2D eigenvalue weighted by Crippen LogP contribution is -2.59. The Morgan fingerprint density at radius 3 is 2.62 bits per heavy atom. The van der Waals surface area contributed by atoms with Crippen LogP contribution in [0.15, 0.2) is 0 Å². The number of terminal acetylenes is 1. The molecule has 90 valence electrons. The maximum atomic E-state index is 12.1. The van der Waals surface area contributed by atoms with E-state index in [4.69, 9.17) is 11.2 Å². The fourth-order valence-corrected chi connectivity index (χ4v) is 2.58. The average molecular weight is 223 g/mol. The standard InChI is InChI=1S/C13H21NO2/c1-5-10-14-13(11(15)16-6-2)9-7-8-12(13,3)4/h1,14H,6-10H2,2-4H3. The van der Waals surface area contributed by atoms with E-state index >= 15 is 0 Å². The van der Waals surface area contributed by atoms with Crippen molar-refractivity contribution in [3.63, 3.8) is 0 Å². The van der Waals surface area contributed by atoms with Gasteiger partial charge in [0.25, 0.3) is 0 Å². The summed E-state index contributed by atoms with van der Waals surface area (Å²) in [7, 11) is 0. The zero-order chi connectivity index (χ0) is 12.2. The van der Waals surface area contributed by atoms with Crippen molar-refractivity contribution in [2.75, 3.05) is 13.2 Å². The SMILES string of the molecule is C#CCNC1(C(=O)OCC)CCCC1(C)C. The number of hydrogen-bond donors (Lipinski definition) is 1. The van der Waals surface area contributed by atoms with Gasteiger partial charge in [0.2, 0.25) is 0 Å². The van der Waals surface area contributed by atoms with E-state index in [2.05, 4.69) is 25.1 Å². The van der Waals surface area contributed by atoms with E-state index in [1.807, 2.05) is 6.92 Å². The van der Waals surface area contributed by atoms with Gasteiger partial charge in [0.15, 0.2) is 0 Å². The third-order valence-corrected chi connectivity index (χ3v) is 3.63. The average Bonchev–Trinajstić information content (AvgIpc) is 2.52. The lowest BCUT2D eigenvalue weighted by molar-refractivity contribution is -0.155. The van der Waals surface area contributed by atoms with Gasteiger partial charge in [-0.25, -0.2) is 0 Å². The first-order valence-electron chi connectivity index (χ1n) is 5.86. The number of hydrogen-bond acceptors (Lipinski definition) is 3. The minimum atomic E-state index is -0.602. The van der Waals surface area contributed by atoms with Gasteiger partial charge >= 0.3 is 5.97 Å². The summed E-state index contributed by atoms with van der Waals surface area (Å²) < 4.78 is 5.19. The first-order valence-corrected chi connectivity index (χ1v) is 5.86. The van der Waals surface area contributed by atoms with Gasteiger partial charge in [-0.05, 0) is 25.2 Å². The van der Waals surface area contributed by atoms with Crippen molar-refractivity contribution < 1.29 is 9.53 Å². The number of rotatable bonds is 4. The van der Waals surface area contributed by atoms with Crippen molar-refractivity contribution in [2.45, 2.75) is 45.6 Å². The molecule has 0 aromatic heterocycles. The van der Waals surface area contributed by atoms with Crippen molar-refractivity contribution in [2.24, 2.45) is 5.41 Å². The number of esters is 1. The van der Waals surface area contributed by atoms with Crippen LogP contribution in [0.4, 0.5) is 0 Å². The summed E-state index contributed by atoms with van der Waals surface area (Å²) in [6, 6.07) is 0. The lowest BCUT2D eigenvalue weighted by atomic mass is 9.74. The largest absolute Gasteiger partial charge is 0.465 e. The van der Waals surface area contributed by atoms with Crippen LogP contribution in [0.25, 0.3) is 0 Å². The molecule has 1 aliphatic rings. The van der Waals surface area contributed by atoms with Gasteiger partial charge in [0, 0.05) is 0 Å². The summed E-state index contributed by atoms with van der Waals surface area (Å²) in [4.78, 5) is 12.1. The van der Waals surface area contributed by atoms with Crippen LogP contribution >= 0.6 is 0 Å². The van der Waals surface area contributed by atoms with E-state index in [0.717, 1.165) is 19.3 Å². The van der Waals surface area contributed by atoms with Crippen molar-refractivity contribution in [1.29, 1.82) is 0 Å². The lowest BCUT2D eigenvalue weighted by Gasteiger charge is -2.39. The molecule has 1 aliphatic carbocycles. The van der Waals surface area contributed by atoms with Crippen molar-refractivity contribution in [3.8, 4) is 12.3 Å². The topological polar surface area (TPSA) is 38.3 Å². The molecule has 3 nitrogen and oxygen atoms in total. The van der Waals surface area contributed by atoms with E-state index in [0.29, 0.717) is 13.2 Å². The molecule has 0 saturated heterocycles. The van der Waals surface area contributed by atoms with Gasteiger partial charge in [0.1, 0.15) is 5.54 Å². The minimum Gasteiger partial charge on any atom is -0.465 e. The summed E-state index contributed by atoms with van der Waals surface area (Å²) in [5.74, 6) is 2.38. The predicted molar refractivity (Wildman–Crippen MR) is 63.8 cm³/mol. The summed E-state index contributed by atoms with van der Waals surface area (Å²) in [5.41, 5.74) is -0.703. The molecular weight excluding hydrogens is 202 g/mol. The quantitative estimate of drug-likeness (QED) is 0.582. The Balaban J connectivity index is 2.93. The summed E-state index contributed by atoms with van der Waals surface area (Å²) >= 11 is 0. The van der Waals surface area contributed by atoms with Gasteiger partial charge in [-0.1, -0.05) is 26.2 Å². The van der Waals surface area contributed by atoms with Crippen LogP contribution in [0.2, 0.25) is 0 Å². The molecule has 1 fully saturated rings. The van der Waals surface area contributed by atoms with Gasteiger partial charge < -0.3 is 4.74 Å². The van der Waals surface area contributed by atoms with Crippen molar-refractivity contribution >= 4 is 5.97 Å². The molecule has 1 unspecified atom stereocenters. The molecule has 0 aromatic rings.